The molecule has 1 atom stereocenters. The Kier molecular flexibility index (Phi) is 2.84. The van der Waals surface area contributed by atoms with Gasteiger partial charge >= 0.3 is 0 Å². The van der Waals surface area contributed by atoms with Gasteiger partial charge in [-0.1, -0.05) is 0 Å². The van der Waals surface area contributed by atoms with Gasteiger partial charge in [0.05, 0.1) is 11.8 Å². The topological polar surface area (TPSA) is 54.1 Å². The van der Waals surface area contributed by atoms with E-state index in [0.717, 1.165) is 31.0 Å². The minimum atomic E-state index is 0.266. The quantitative estimate of drug-likeness (QED) is 0.740. The number of methoxy groups -OCH3 is 1. The first-order valence-electron chi connectivity index (χ1n) is 5.38. The number of nitrogens with zero attached hydrogens (tertiary/aromatic N) is 4. The molecule has 86 valence electrons. The van der Waals surface area contributed by atoms with Crippen LogP contribution in [0.15, 0.2) is 0 Å². The standard InChI is InChI=1S/C11H16N4O/c1-8-10(6-12)11(14(2)13-8)15-5-4-9(7-15)16-3/h9H,4-5,7H2,1-3H3. The van der Waals surface area contributed by atoms with Crippen molar-refractivity contribution in [2.24, 2.45) is 7.05 Å². The van der Waals surface area contributed by atoms with E-state index in [-0.39, 0.29) is 6.10 Å². The minimum absolute atomic E-state index is 0.266. The number of ether oxygens (including phenoxy) is 1. The first-order chi connectivity index (χ1) is 7.67. The second-order valence-corrected chi connectivity index (χ2v) is 4.11. The Labute approximate surface area is 95.2 Å². The van der Waals surface area contributed by atoms with Gasteiger partial charge in [-0.15, -0.1) is 0 Å². The molecule has 2 rings (SSSR count). The van der Waals surface area contributed by atoms with Crippen LogP contribution in [0.1, 0.15) is 17.7 Å². The van der Waals surface area contributed by atoms with Crippen molar-refractivity contribution in [3.05, 3.63) is 11.3 Å². The molecular weight excluding hydrogens is 204 g/mol. The maximum absolute atomic E-state index is 9.13. The molecule has 5 nitrogen and oxygen atoms in total. The van der Waals surface area contributed by atoms with Gasteiger partial charge in [-0.2, -0.15) is 10.4 Å². The zero-order valence-corrected chi connectivity index (χ0v) is 9.90. The summed E-state index contributed by atoms with van der Waals surface area (Å²) in [5.41, 5.74) is 1.47. The van der Waals surface area contributed by atoms with Gasteiger partial charge in [0.2, 0.25) is 0 Å². The second kappa shape index (κ2) is 4.14. The van der Waals surface area contributed by atoms with E-state index in [9.17, 15) is 0 Å². The molecule has 1 unspecified atom stereocenters. The summed E-state index contributed by atoms with van der Waals surface area (Å²) in [6.45, 7) is 3.63. The van der Waals surface area contributed by atoms with E-state index < -0.39 is 0 Å². The molecule has 2 heterocycles. The summed E-state index contributed by atoms with van der Waals surface area (Å²) < 4.78 is 7.11. The van der Waals surface area contributed by atoms with Gasteiger partial charge < -0.3 is 9.64 Å². The number of nitriles is 1. The van der Waals surface area contributed by atoms with Crippen molar-refractivity contribution >= 4 is 5.82 Å². The van der Waals surface area contributed by atoms with Crippen molar-refractivity contribution in [1.82, 2.24) is 9.78 Å². The van der Waals surface area contributed by atoms with Gasteiger partial charge in [-0.25, -0.2) is 0 Å². The molecule has 0 aromatic carbocycles. The summed E-state index contributed by atoms with van der Waals surface area (Å²) in [6, 6.07) is 2.23. The average molecular weight is 220 g/mol. The van der Waals surface area contributed by atoms with Gasteiger partial charge in [-0.05, 0) is 13.3 Å². The van der Waals surface area contributed by atoms with E-state index >= 15 is 0 Å². The van der Waals surface area contributed by atoms with Gasteiger partial charge in [0.25, 0.3) is 0 Å². The number of hydrogen-bond acceptors (Lipinski definition) is 4. The van der Waals surface area contributed by atoms with E-state index in [1.54, 1.807) is 11.8 Å². The zero-order valence-electron chi connectivity index (χ0n) is 9.90. The lowest BCUT2D eigenvalue weighted by Crippen LogP contribution is -2.25. The molecule has 0 saturated carbocycles. The molecule has 0 spiro atoms. The number of anilines is 1. The molecule has 1 aromatic heterocycles. The highest BCUT2D eigenvalue weighted by Gasteiger charge is 2.27. The fraction of sp³-hybridized carbons (Fsp3) is 0.636. The summed E-state index contributed by atoms with van der Waals surface area (Å²) in [4.78, 5) is 2.17. The lowest BCUT2D eigenvalue weighted by atomic mass is 10.2. The Morgan fingerprint density at radius 2 is 2.31 bits per heavy atom. The number of aryl methyl sites for hydroxylation is 2. The van der Waals surface area contributed by atoms with Crippen molar-refractivity contribution < 1.29 is 4.74 Å². The van der Waals surface area contributed by atoms with Gasteiger partial charge in [-0.3, -0.25) is 4.68 Å². The molecule has 0 radical (unpaired) electrons. The van der Waals surface area contributed by atoms with Crippen LogP contribution in [0, 0.1) is 18.3 Å². The Morgan fingerprint density at radius 1 is 1.56 bits per heavy atom. The monoisotopic (exact) mass is 220 g/mol. The van der Waals surface area contributed by atoms with Crippen LogP contribution in [0.3, 0.4) is 0 Å². The van der Waals surface area contributed by atoms with Crippen molar-refractivity contribution in [1.29, 1.82) is 5.26 Å². The highest BCUT2D eigenvalue weighted by atomic mass is 16.5. The largest absolute Gasteiger partial charge is 0.380 e. The normalized spacial score (nSPS) is 20.1. The molecule has 0 N–H and O–H groups in total. The summed E-state index contributed by atoms with van der Waals surface area (Å²) >= 11 is 0. The summed E-state index contributed by atoms with van der Waals surface area (Å²) in [5, 5.41) is 13.4. The number of hydrogen-bond donors (Lipinski definition) is 0. The van der Waals surface area contributed by atoms with E-state index in [1.807, 2.05) is 14.0 Å². The SMILES string of the molecule is COC1CCN(c2c(C#N)c(C)nn2C)C1. The molecule has 16 heavy (non-hydrogen) atoms. The number of aromatic nitrogens is 2. The van der Waals surface area contributed by atoms with E-state index in [1.165, 1.54) is 0 Å². The molecule has 1 fully saturated rings. The minimum Gasteiger partial charge on any atom is -0.380 e. The Morgan fingerprint density at radius 3 is 2.88 bits per heavy atom. The van der Waals surface area contributed by atoms with Crippen LogP contribution in [-0.4, -0.2) is 36.1 Å². The van der Waals surface area contributed by atoms with Crippen LogP contribution >= 0.6 is 0 Å². The molecule has 1 aliphatic rings. The summed E-state index contributed by atoms with van der Waals surface area (Å²) in [5.74, 6) is 0.916. The lowest BCUT2D eigenvalue weighted by molar-refractivity contribution is 0.121. The fourth-order valence-electron chi connectivity index (χ4n) is 2.25. The lowest BCUT2D eigenvalue weighted by Gasteiger charge is -2.18. The Balaban J connectivity index is 2.31. The third-order valence-electron chi connectivity index (χ3n) is 3.08. The second-order valence-electron chi connectivity index (χ2n) is 4.11. The molecule has 1 aromatic rings. The van der Waals surface area contributed by atoms with E-state index in [4.69, 9.17) is 10.00 Å². The van der Waals surface area contributed by atoms with E-state index in [0.29, 0.717) is 5.56 Å². The smallest absolute Gasteiger partial charge is 0.145 e. The Bertz CT molecular complexity index is 432. The van der Waals surface area contributed by atoms with Crippen LogP contribution in [0.2, 0.25) is 0 Å². The molecule has 0 amide bonds. The van der Waals surface area contributed by atoms with Gasteiger partial charge in [0, 0.05) is 27.2 Å². The van der Waals surface area contributed by atoms with Gasteiger partial charge in [0.1, 0.15) is 17.5 Å². The van der Waals surface area contributed by atoms with Crippen LogP contribution in [0.25, 0.3) is 0 Å². The molecule has 1 saturated heterocycles. The molecule has 1 aliphatic heterocycles. The van der Waals surface area contributed by atoms with Crippen LogP contribution < -0.4 is 4.90 Å². The molecular formula is C11H16N4O. The molecule has 0 bridgehead atoms. The third-order valence-corrected chi connectivity index (χ3v) is 3.08. The predicted molar refractivity (Wildman–Crippen MR) is 60.3 cm³/mol. The molecule has 5 heteroatoms. The highest BCUT2D eigenvalue weighted by Crippen LogP contribution is 2.26. The summed E-state index contributed by atoms with van der Waals surface area (Å²) in [7, 11) is 3.61. The fourth-order valence-corrected chi connectivity index (χ4v) is 2.25. The van der Waals surface area contributed by atoms with E-state index in [2.05, 4.69) is 16.1 Å². The highest BCUT2D eigenvalue weighted by molar-refractivity contribution is 5.57. The Hall–Kier alpha value is -1.54. The molecule has 0 aliphatic carbocycles. The van der Waals surface area contributed by atoms with Crippen molar-refractivity contribution in [2.75, 3.05) is 25.1 Å². The van der Waals surface area contributed by atoms with Crippen LogP contribution in [0.4, 0.5) is 5.82 Å². The van der Waals surface area contributed by atoms with Gasteiger partial charge in [0.15, 0.2) is 0 Å². The van der Waals surface area contributed by atoms with Crippen molar-refractivity contribution in [2.45, 2.75) is 19.4 Å². The predicted octanol–water partition coefficient (Wildman–Crippen LogP) is 0.825. The number of rotatable bonds is 2. The van der Waals surface area contributed by atoms with Crippen molar-refractivity contribution in [3.8, 4) is 6.07 Å². The summed E-state index contributed by atoms with van der Waals surface area (Å²) in [6.07, 6.45) is 1.27. The first kappa shape index (κ1) is 11.0. The maximum Gasteiger partial charge on any atom is 0.145 e. The average Bonchev–Trinajstić information content (AvgIpc) is 2.82. The maximum atomic E-state index is 9.13. The van der Waals surface area contributed by atoms with Crippen molar-refractivity contribution in [3.63, 3.8) is 0 Å². The zero-order chi connectivity index (χ0) is 11.7. The van der Waals surface area contributed by atoms with Crippen LogP contribution in [-0.2, 0) is 11.8 Å². The third kappa shape index (κ3) is 1.65. The van der Waals surface area contributed by atoms with Crippen LogP contribution in [0.5, 0.6) is 0 Å². The first-order valence-corrected chi connectivity index (χ1v) is 5.38.